The third-order valence-electron chi connectivity index (χ3n) is 4.48. The number of hydrogen-bond donors (Lipinski definition) is 1. The molecule has 0 amide bonds. The van der Waals surface area contributed by atoms with Crippen molar-refractivity contribution in [3.63, 3.8) is 0 Å². The first kappa shape index (κ1) is 12.9. The van der Waals surface area contributed by atoms with Crippen molar-refractivity contribution in [3.05, 3.63) is 29.6 Å². The predicted octanol–water partition coefficient (Wildman–Crippen LogP) is 3.30. The molecule has 1 heterocycles. The Labute approximate surface area is 114 Å². The summed E-state index contributed by atoms with van der Waals surface area (Å²) < 4.78 is 19.0. The minimum atomic E-state index is -0.170. The highest BCUT2D eigenvalue weighted by Gasteiger charge is 2.26. The monoisotopic (exact) mass is 263 g/mol. The van der Waals surface area contributed by atoms with Crippen LogP contribution in [-0.2, 0) is 6.42 Å². The fraction of sp³-hybridized carbons (Fsp3) is 0.625. The molecule has 0 radical (unpaired) electrons. The van der Waals surface area contributed by atoms with Gasteiger partial charge in [-0.1, -0.05) is 19.8 Å². The van der Waals surface area contributed by atoms with Gasteiger partial charge in [-0.05, 0) is 37.0 Å². The smallest absolute Gasteiger partial charge is 0.123 e. The van der Waals surface area contributed by atoms with Gasteiger partial charge in [0.05, 0.1) is 0 Å². The lowest BCUT2D eigenvalue weighted by atomic mass is 9.86. The first-order valence-corrected chi connectivity index (χ1v) is 7.41. The first-order chi connectivity index (χ1) is 9.22. The van der Waals surface area contributed by atoms with E-state index in [4.69, 9.17) is 4.74 Å². The lowest BCUT2D eigenvalue weighted by Crippen LogP contribution is -2.42. The Morgan fingerprint density at radius 2 is 2.16 bits per heavy atom. The maximum absolute atomic E-state index is 13.1. The molecular formula is C16H22FNO. The van der Waals surface area contributed by atoms with Crippen LogP contribution >= 0.6 is 0 Å². The van der Waals surface area contributed by atoms with Crippen LogP contribution < -0.4 is 10.1 Å². The zero-order valence-electron chi connectivity index (χ0n) is 11.5. The second kappa shape index (κ2) is 5.49. The fourth-order valence-electron chi connectivity index (χ4n) is 3.31. The van der Waals surface area contributed by atoms with Crippen LogP contribution in [0.4, 0.5) is 4.39 Å². The molecule has 1 aliphatic carbocycles. The van der Waals surface area contributed by atoms with Crippen molar-refractivity contribution in [1.29, 1.82) is 0 Å². The molecule has 1 aromatic carbocycles. The van der Waals surface area contributed by atoms with Crippen LogP contribution in [0.15, 0.2) is 18.2 Å². The Kier molecular flexibility index (Phi) is 3.74. The third kappa shape index (κ3) is 2.92. The summed E-state index contributed by atoms with van der Waals surface area (Å²) in [5, 5.41) is 3.64. The molecule has 2 aliphatic rings. The molecule has 0 aromatic heterocycles. The van der Waals surface area contributed by atoms with Gasteiger partial charge < -0.3 is 10.1 Å². The summed E-state index contributed by atoms with van der Waals surface area (Å²) in [6, 6.07) is 5.43. The van der Waals surface area contributed by atoms with Crippen LogP contribution in [0.5, 0.6) is 5.75 Å². The van der Waals surface area contributed by atoms with Gasteiger partial charge in [0.25, 0.3) is 0 Å². The number of hydrogen-bond acceptors (Lipinski definition) is 2. The summed E-state index contributed by atoms with van der Waals surface area (Å²) in [5.74, 6) is 1.44. The summed E-state index contributed by atoms with van der Waals surface area (Å²) in [6.45, 7) is 3.20. The molecule has 1 aromatic rings. The van der Waals surface area contributed by atoms with Crippen LogP contribution in [0.2, 0.25) is 0 Å². The maximum atomic E-state index is 13.1. The summed E-state index contributed by atoms with van der Waals surface area (Å²) in [7, 11) is 0. The SMILES string of the molecule is CC1CCCCC1NCC1Cc2cc(F)ccc2O1. The lowest BCUT2D eigenvalue weighted by molar-refractivity contribution is 0.199. The Bertz CT molecular complexity index is 448. The van der Waals surface area contributed by atoms with Crippen molar-refractivity contribution < 1.29 is 9.13 Å². The average molecular weight is 263 g/mol. The van der Waals surface area contributed by atoms with E-state index in [1.54, 1.807) is 12.1 Å². The Morgan fingerprint density at radius 3 is 3.00 bits per heavy atom. The summed E-state index contributed by atoms with van der Waals surface area (Å²) in [4.78, 5) is 0. The van der Waals surface area contributed by atoms with E-state index in [0.29, 0.717) is 6.04 Å². The van der Waals surface area contributed by atoms with Gasteiger partial charge in [-0.25, -0.2) is 4.39 Å². The molecule has 0 saturated heterocycles. The molecule has 2 nitrogen and oxygen atoms in total. The normalized spacial score (nSPS) is 29.9. The van der Waals surface area contributed by atoms with E-state index in [-0.39, 0.29) is 11.9 Å². The van der Waals surface area contributed by atoms with E-state index in [9.17, 15) is 4.39 Å². The van der Waals surface area contributed by atoms with E-state index in [0.717, 1.165) is 30.2 Å². The van der Waals surface area contributed by atoms with Crippen LogP contribution in [0.3, 0.4) is 0 Å². The van der Waals surface area contributed by atoms with Crippen molar-refractivity contribution in [2.45, 2.75) is 51.2 Å². The number of fused-ring (bicyclic) bond motifs is 1. The van der Waals surface area contributed by atoms with Crippen LogP contribution in [0.1, 0.15) is 38.2 Å². The summed E-state index contributed by atoms with van der Waals surface area (Å²) >= 11 is 0. The Balaban J connectivity index is 1.53. The minimum Gasteiger partial charge on any atom is -0.488 e. The van der Waals surface area contributed by atoms with Crippen molar-refractivity contribution >= 4 is 0 Å². The number of rotatable bonds is 3. The maximum Gasteiger partial charge on any atom is 0.123 e. The van der Waals surface area contributed by atoms with Gasteiger partial charge in [-0.15, -0.1) is 0 Å². The molecule has 0 spiro atoms. The second-order valence-electron chi connectivity index (χ2n) is 5.97. The molecule has 1 N–H and O–H groups in total. The van der Waals surface area contributed by atoms with Crippen molar-refractivity contribution in [3.8, 4) is 5.75 Å². The van der Waals surface area contributed by atoms with Crippen molar-refractivity contribution in [1.82, 2.24) is 5.32 Å². The van der Waals surface area contributed by atoms with E-state index in [1.165, 1.54) is 31.7 Å². The van der Waals surface area contributed by atoms with Gasteiger partial charge in [-0.3, -0.25) is 0 Å². The largest absolute Gasteiger partial charge is 0.488 e. The van der Waals surface area contributed by atoms with Gasteiger partial charge in [-0.2, -0.15) is 0 Å². The third-order valence-corrected chi connectivity index (χ3v) is 4.48. The molecule has 1 fully saturated rings. The minimum absolute atomic E-state index is 0.158. The lowest BCUT2D eigenvalue weighted by Gasteiger charge is -2.30. The first-order valence-electron chi connectivity index (χ1n) is 7.41. The zero-order valence-corrected chi connectivity index (χ0v) is 11.5. The molecule has 3 rings (SSSR count). The van der Waals surface area contributed by atoms with E-state index >= 15 is 0 Å². The highest BCUT2D eigenvalue weighted by molar-refractivity contribution is 5.37. The molecule has 1 saturated carbocycles. The predicted molar refractivity (Wildman–Crippen MR) is 73.9 cm³/mol. The van der Waals surface area contributed by atoms with E-state index < -0.39 is 0 Å². The van der Waals surface area contributed by atoms with E-state index in [2.05, 4.69) is 12.2 Å². The average Bonchev–Trinajstić information content (AvgIpc) is 2.79. The quantitative estimate of drug-likeness (QED) is 0.903. The molecule has 3 unspecified atom stereocenters. The van der Waals surface area contributed by atoms with Crippen LogP contribution in [0.25, 0.3) is 0 Å². The topological polar surface area (TPSA) is 21.3 Å². The molecule has 3 heteroatoms. The van der Waals surface area contributed by atoms with Crippen LogP contribution in [0, 0.1) is 11.7 Å². The number of nitrogens with one attached hydrogen (secondary N) is 1. The molecule has 1 aliphatic heterocycles. The number of ether oxygens (including phenoxy) is 1. The molecular weight excluding hydrogens is 241 g/mol. The zero-order chi connectivity index (χ0) is 13.2. The fourth-order valence-corrected chi connectivity index (χ4v) is 3.31. The number of halogens is 1. The summed E-state index contributed by atoms with van der Waals surface area (Å²) in [6.07, 6.45) is 6.28. The molecule has 0 bridgehead atoms. The highest BCUT2D eigenvalue weighted by Crippen LogP contribution is 2.29. The van der Waals surface area contributed by atoms with Gasteiger partial charge >= 0.3 is 0 Å². The van der Waals surface area contributed by atoms with Gasteiger partial charge in [0.2, 0.25) is 0 Å². The van der Waals surface area contributed by atoms with Gasteiger partial charge in [0.1, 0.15) is 17.7 Å². The Morgan fingerprint density at radius 1 is 1.32 bits per heavy atom. The van der Waals surface area contributed by atoms with Gasteiger partial charge in [0.15, 0.2) is 0 Å². The van der Waals surface area contributed by atoms with Crippen LogP contribution in [-0.4, -0.2) is 18.7 Å². The highest BCUT2D eigenvalue weighted by atomic mass is 19.1. The molecule has 3 atom stereocenters. The van der Waals surface area contributed by atoms with Gasteiger partial charge in [0, 0.05) is 24.6 Å². The number of benzene rings is 1. The Hall–Kier alpha value is -1.09. The second-order valence-corrected chi connectivity index (χ2v) is 5.97. The van der Waals surface area contributed by atoms with E-state index in [1.807, 2.05) is 0 Å². The summed E-state index contributed by atoms with van der Waals surface area (Å²) in [5.41, 5.74) is 1.00. The molecule has 19 heavy (non-hydrogen) atoms. The molecule has 104 valence electrons. The standard InChI is InChI=1S/C16H22FNO/c1-11-4-2-3-5-15(11)18-10-14-9-12-8-13(17)6-7-16(12)19-14/h6-8,11,14-15,18H,2-5,9-10H2,1H3. The van der Waals surface area contributed by atoms with Crippen molar-refractivity contribution in [2.75, 3.05) is 6.54 Å². The van der Waals surface area contributed by atoms with Crippen molar-refractivity contribution in [2.24, 2.45) is 5.92 Å².